The maximum Gasteiger partial charge on any atom is 0.322 e. The van der Waals surface area contributed by atoms with Gasteiger partial charge in [0.05, 0.1) is 8.66 Å². The number of ether oxygens (including phenoxy) is 2. The van der Waals surface area contributed by atoms with Crippen LogP contribution in [0.3, 0.4) is 0 Å². The van der Waals surface area contributed by atoms with E-state index in [4.69, 9.17) is 13.9 Å². The van der Waals surface area contributed by atoms with Gasteiger partial charge in [0.25, 0.3) is 11.8 Å². The molecule has 1 aromatic carbocycles. The van der Waals surface area contributed by atoms with Gasteiger partial charge < -0.3 is 13.9 Å². The Morgan fingerprint density at radius 2 is 2.08 bits per heavy atom. The number of fused-ring (bicyclic) bond motifs is 1. The molecule has 3 heterocycles. The number of rotatable bonds is 4. The summed E-state index contributed by atoms with van der Waals surface area (Å²) >= 11 is 4.83. The molecule has 9 heteroatoms. The van der Waals surface area contributed by atoms with E-state index < -0.39 is 0 Å². The van der Waals surface area contributed by atoms with Gasteiger partial charge >= 0.3 is 6.01 Å². The minimum atomic E-state index is -0.375. The van der Waals surface area contributed by atoms with Crippen LogP contribution in [0.2, 0.25) is 0 Å². The van der Waals surface area contributed by atoms with Crippen LogP contribution >= 0.6 is 27.3 Å². The molecule has 1 N–H and O–H groups in total. The molecule has 0 radical (unpaired) electrons. The van der Waals surface area contributed by atoms with Crippen LogP contribution in [0, 0.1) is 0 Å². The van der Waals surface area contributed by atoms with Crippen LogP contribution in [0.25, 0.3) is 16.8 Å². The van der Waals surface area contributed by atoms with Gasteiger partial charge in [0.2, 0.25) is 6.79 Å². The van der Waals surface area contributed by atoms with Crippen molar-refractivity contribution in [3.05, 3.63) is 45.8 Å². The van der Waals surface area contributed by atoms with Crippen LogP contribution in [0.4, 0.5) is 6.01 Å². The molecule has 0 saturated carbocycles. The first-order chi connectivity index (χ1) is 12.2. The van der Waals surface area contributed by atoms with E-state index >= 15 is 0 Å². The molecule has 1 aliphatic rings. The van der Waals surface area contributed by atoms with Crippen molar-refractivity contribution in [3.63, 3.8) is 0 Å². The van der Waals surface area contributed by atoms with Crippen LogP contribution in [-0.2, 0) is 4.79 Å². The van der Waals surface area contributed by atoms with E-state index in [-0.39, 0.29) is 18.7 Å². The maximum absolute atomic E-state index is 12.0. The molecule has 0 bridgehead atoms. The van der Waals surface area contributed by atoms with Gasteiger partial charge in [-0.3, -0.25) is 10.1 Å². The van der Waals surface area contributed by atoms with Crippen molar-refractivity contribution in [2.24, 2.45) is 0 Å². The van der Waals surface area contributed by atoms with Gasteiger partial charge in [-0.25, -0.2) is 0 Å². The normalized spacial score (nSPS) is 12.7. The Kier molecular flexibility index (Phi) is 4.24. The second-order valence-corrected chi connectivity index (χ2v) is 7.41. The van der Waals surface area contributed by atoms with E-state index in [0.29, 0.717) is 17.4 Å². The van der Waals surface area contributed by atoms with Gasteiger partial charge in [-0.15, -0.1) is 16.4 Å². The minimum Gasteiger partial charge on any atom is -0.454 e. The Bertz CT molecular complexity index is 966. The third kappa shape index (κ3) is 3.57. The second-order valence-electron chi connectivity index (χ2n) is 4.95. The summed E-state index contributed by atoms with van der Waals surface area (Å²) in [5, 5.41) is 10.3. The lowest BCUT2D eigenvalue weighted by Gasteiger charge is -1.98. The molecule has 0 aliphatic carbocycles. The number of aromatic nitrogens is 2. The summed E-state index contributed by atoms with van der Waals surface area (Å²) in [6, 6.07) is 9.20. The number of carbonyl (C=O) groups excluding carboxylic acids is 1. The monoisotopic (exact) mass is 419 g/mol. The third-order valence-corrected chi connectivity index (χ3v) is 4.87. The van der Waals surface area contributed by atoms with E-state index in [2.05, 4.69) is 31.4 Å². The molecule has 2 aromatic heterocycles. The van der Waals surface area contributed by atoms with Crippen molar-refractivity contribution in [2.45, 2.75) is 0 Å². The molecule has 3 aromatic rings. The summed E-state index contributed by atoms with van der Waals surface area (Å²) < 4.78 is 16.9. The Balaban J connectivity index is 1.41. The Morgan fingerprint density at radius 3 is 2.92 bits per heavy atom. The van der Waals surface area contributed by atoms with E-state index in [0.717, 1.165) is 14.2 Å². The summed E-state index contributed by atoms with van der Waals surface area (Å²) in [5.41, 5.74) is 0.814. The van der Waals surface area contributed by atoms with E-state index in [1.165, 1.54) is 17.4 Å². The quantitative estimate of drug-likeness (QED) is 0.644. The molecule has 0 fully saturated rings. The van der Waals surface area contributed by atoms with Crippen LogP contribution < -0.4 is 14.8 Å². The standard InChI is InChI=1S/C16H10BrN3O4S/c17-13-5-4-12(25-13)15-19-20-16(24-15)18-14(21)6-2-9-1-3-10-11(7-9)23-8-22-10/h1-7H,8H2,(H,18,20,21)/b6-2+. The Hall–Kier alpha value is -2.65. The number of amides is 1. The highest BCUT2D eigenvalue weighted by Gasteiger charge is 2.13. The first-order valence-electron chi connectivity index (χ1n) is 7.15. The molecule has 25 heavy (non-hydrogen) atoms. The molecule has 0 spiro atoms. The zero-order valence-electron chi connectivity index (χ0n) is 12.6. The molecule has 1 aliphatic heterocycles. The fourth-order valence-corrected chi connectivity index (χ4v) is 3.45. The predicted octanol–water partition coefficient (Wildman–Crippen LogP) is 3.94. The van der Waals surface area contributed by atoms with E-state index in [9.17, 15) is 4.79 Å². The van der Waals surface area contributed by atoms with Crippen LogP contribution in [0.15, 0.2) is 44.6 Å². The number of nitrogens with one attached hydrogen (secondary N) is 1. The largest absolute Gasteiger partial charge is 0.454 e. The van der Waals surface area contributed by atoms with E-state index in [1.54, 1.807) is 18.2 Å². The number of carbonyl (C=O) groups is 1. The zero-order valence-corrected chi connectivity index (χ0v) is 15.0. The third-order valence-electron chi connectivity index (χ3n) is 3.26. The lowest BCUT2D eigenvalue weighted by molar-refractivity contribution is -0.112. The van der Waals surface area contributed by atoms with Crippen LogP contribution in [-0.4, -0.2) is 22.9 Å². The number of hydrogen-bond donors (Lipinski definition) is 1. The fourth-order valence-electron chi connectivity index (χ4n) is 2.14. The molecule has 7 nitrogen and oxygen atoms in total. The van der Waals surface area contributed by atoms with Crippen molar-refractivity contribution in [2.75, 3.05) is 12.1 Å². The molecular formula is C16H10BrN3O4S. The average molecular weight is 420 g/mol. The molecule has 0 atom stereocenters. The topological polar surface area (TPSA) is 86.5 Å². The summed E-state index contributed by atoms with van der Waals surface area (Å²) in [4.78, 5) is 12.8. The molecular weight excluding hydrogens is 410 g/mol. The molecule has 126 valence electrons. The average Bonchev–Trinajstić information content (AvgIpc) is 3.32. The van der Waals surface area contributed by atoms with Crippen molar-refractivity contribution < 1.29 is 18.7 Å². The number of halogens is 1. The van der Waals surface area contributed by atoms with Gasteiger partial charge in [0, 0.05) is 6.08 Å². The highest BCUT2D eigenvalue weighted by Crippen LogP contribution is 2.33. The SMILES string of the molecule is O=C(/C=C/c1ccc2c(c1)OCO2)Nc1nnc(-c2ccc(Br)s2)o1. The Labute approximate surface area is 154 Å². The van der Waals surface area contributed by atoms with Crippen molar-refractivity contribution in [1.82, 2.24) is 10.2 Å². The fraction of sp³-hybridized carbons (Fsp3) is 0.0625. The van der Waals surface area contributed by atoms with Gasteiger partial charge in [0.1, 0.15) is 0 Å². The lowest BCUT2D eigenvalue weighted by Crippen LogP contribution is -2.07. The highest BCUT2D eigenvalue weighted by atomic mass is 79.9. The number of hydrogen-bond acceptors (Lipinski definition) is 7. The number of thiophene rings is 1. The van der Waals surface area contributed by atoms with Gasteiger partial charge in [0.15, 0.2) is 11.5 Å². The minimum absolute atomic E-state index is 0.0415. The second kappa shape index (κ2) is 6.69. The molecule has 1 amide bonds. The highest BCUT2D eigenvalue weighted by molar-refractivity contribution is 9.11. The molecule has 0 saturated heterocycles. The van der Waals surface area contributed by atoms with Crippen LogP contribution in [0.5, 0.6) is 11.5 Å². The summed E-state index contributed by atoms with van der Waals surface area (Å²) in [6.07, 6.45) is 3.04. The molecule has 0 unspecified atom stereocenters. The van der Waals surface area contributed by atoms with Crippen molar-refractivity contribution >= 4 is 45.3 Å². The number of benzene rings is 1. The summed E-state index contributed by atoms with van der Waals surface area (Å²) in [5.74, 6) is 1.33. The van der Waals surface area contributed by atoms with Gasteiger partial charge in [-0.1, -0.05) is 11.2 Å². The van der Waals surface area contributed by atoms with Crippen molar-refractivity contribution in [3.8, 4) is 22.3 Å². The summed E-state index contributed by atoms with van der Waals surface area (Å²) in [6.45, 7) is 0.212. The summed E-state index contributed by atoms with van der Waals surface area (Å²) in [7, 11) is 0. The maximum atomic E-state index is 12.0. The molecule has 4 rings (SSSR count). The van der Waals surface area contributed by atoms with Crippen LogP contribution in [0.1, 0.15) is 5.56 Å². The Morgan fingerprint density at radius 1 is 1.20 bits per heavy atom. The predicted molar refractivity (Wildman–Crippen MR) is 95.5 cm³/mol. The van der Waals surface area contributed by atoms with Gasteiger partial charge in [-0.05, 0) is 51.8 Å². The smallest absolute Gasteiger partial charge is 0.322 e. The lowest BCUT2D eigenvalue weighted by atomic mass is 10.2. The first-order valence-corrected chi connectivity index (χ1v) is 8.76. The number of nitrogens with zero attached hydrogens (tertiary/aromatic N) is 2. The van der Waals surface area contributed by atoms with Crippen molar-refractivity contribution in [1.29, 1.82) is 0 Å². The number of anilines is 1. The zero-order chi connectivity index (χ0) is 17.2. The van der Waals surface area contributed by atoms with Gasteiger partial charge in [-0.2, -0.15) is 0 Å². The first kappa shape index (κ1) is 15.9. The van der Waals surface area contributed by atoms with E-state index in [1.807, 2.05) is 18.2 Å².